The molecule has 0 amide bonds. The van der Waals surface area contributed by atoms with Crippen LogP contribution < -0.4 is 11.2 Å². The van der Waals surface area contributed by atoms with E-state index in [-0.39, 0.29) is 16.9 Å². The summed E-state index contributed by atoms with van der Waals surface area (Å²) < 4.78 is 16.9. The number of aryl methyl sites for hydroxylation is 1. The van der Waals surface area contributed by atoms with Crippen molar-refractivity contribution in [2.24, 2.45) is 14.1 Å². The number of rotatable bonds is 4. The Hall–Kier alpha value is -2.78. The predicted octanol–water partition coefficient (Wildman–Crippen LogP) is 3.66. The van der Waals surface area contributed by atoms with Crippen LogP contribution in [0.25, 0.3) is 22.2 Å². The summed E-state index contributed by atoms with van der Waals surface area (Å²) in [5.74, 6) is 0.500. The molecule has 5 rings (SSSR count). The smallest absolute Gasteiger partial charge is 0.331 e. The van der Waals surface area contributed by atoms with E-state index in [0.29, 0.717) is 46.2 Å². The van der Waals surface area contributed by atoms with Crippen LogP contribution in [0.5, 0.6) is 0 Å². The van der Waals surface area contributed by atoms with E-state index in [1.54, 1.807) is 25.2 Å². The number of fused-ring (bicyclic) bond motifs is 3. The molecule has 1 aliphatic rings. The van der Waals surface area contributed by atoms with Gasteiger partial charge in [0.1, 0.15) is 5.76 Å². The number of halogens is 2. The monoisotopic (exact) mass is 502 g/mol. The second-order valence-electron chi connectivity index (χ2n) is 8.83. The topological polar surface area (TPSA) is 74.5 Å². The normalized spacial score (nSPS) is 18.1. The maximum Gasteiger partial charge on any atom is 0.331 e. The quantitative estimate of drug-likeness (QED) is 0.425. The van der Waals surface area contributed by atoms with Crippen LogP contribution in [0.3, 0.4) is 0 Å². The first-order valence-corrected chi connectivity index (χ1v) is 11.6. The van der Waals surface area contributed by atoms with Crippen molar-refractivity contribution >= 4 is 34.1 Å². The van der Waals surface area contributed by atoms with Gasteiger partial charge in [0, 0.05) is 31.2 Å². The number of nitrogens with zero attached hydrogens (tertiary/aromatic N) is 4. The van der Waals surface area contributed by atoms with Gasteiger partial charge in [-0.15, -0.1) is 0 Å². The van der Waals surface area contributed by atoms with Gasteiger partial charge in [0.25, 0.3) is 5.56 Å². The number of hydrogen-bond donors (Lipinski definition) is 0. The van der Waals surface area contributed by atoms with Gasteiger partial charge >= 0.3 is 5.69 Å². The fourth-order valence-electron chi connectivity index (χ4n) is 4.81. The maximum atomic E-state index is 13.5. The molecule has 34 heavy (non-hydrogen) atoms. The molecule has 1 aromatic carbocycles. The van der Waals surface area contributed by atoms with Crippen LogP contribution in [-0.2, 0) is 25.4 Å². The summed E-state index contributed by atoms with van der Waals surface area (Å²) >= 11 is 12.4. The van der Waals surface area contributed by atoms with E-state index in [4.69, 9.17) is 32.4 Å². The van der Waals surface area contributed by atoms with Gasteiger partial charge in [0.2, 0.25) is 0 Å². The van der Waals surface area contributed by atoms with Crippen molar-refractivity contribution in [3.05, 3.63) is 78.9 Å². The van der Waals surface area contributed by atoms with E-state index < -0.39 is 11.8 Å². The van der Waals surface area contributed by atoms with Gasteiger partial charge in [-0.3, -0.25) is 13.9 Å². The number of hydrogen-bond acceptors (Lipinski definition) is 5. The summed E-state index contributed by atoms with van der Waals surface area (Å²) in [4.78, 5) is 28.5. The minimum atomic E-state index is -0.667. The molecule has 0 N–H and O–H groups in total. The Kier molecular flexibility index (Phi) is 5.72. The highest BCUT2D eigenvalue weighted by atomic mass is 35.5. The number of benzene rings is 1. The lowest BCUT2D eigenvalue weighted by molar-refractivity contribution is -0.0441. The number of aromatic nitrogens is 3. The molecule has 0 saturated heterocycles. The summed E-state index contributed by atoms with van der Waals surface area (Å²) in [5.41, 5.74) is 1.84. The van der Waals surface area contributed by atoms with E-state index in [1.165, 1.54) is 11.6 Å². The Labute approximate surface area is 205 Å². The van der Waals surface area contributed by atoms with Crippen molar-refractivity contribution in [2.45, 2.75) is 18.8 Å². The molecule has 0 unspecified atom stereocenters. The van der Waals surface area contributed by atoms with Crippen LogP contribution in [0.4, 0.5) is 0 Å². The average molecular weight is 503 g/mol. The predicted molar refractivity (Wildman–Crippen MR) is 132 cm³/mol. The van der Waals surface area contributed by atoms with Crippen molar-refractivity contribution in [1.29, 1.82) is 0 Å². The number of furan rings is 1. The zero-order valence-electron chi connectivity index (χ0n) is 19.2. The third kappa shape index (κ3) is 3.62. The summed E-state index contributed by atoms with van der Waals surface area (Å²) in [6.07, 6.45) is -0.878. The molecule has 10 heteroatoms. The molecule has 178 valence electrons. The van der Waals surface area contributed by atoms with E-state index >= 15 is 0 Å². The molecule has 0 aliphatic carbocycles. The first-order chi connectivity index (χ1) is 16.2. The third-order valence-electron chi connectivity index (χ3n) is 6.19. The Balaban J connectivity index is 1.93. The van der Waals surface area contributed by atoms with Crippen molar-refractivity contribution in [3.8, 4) is 11.3 Å². The highest BCUT2D eigenvalue weighted by Crippen LogP contribution is 2.43. The van der Waals surface area contributed by atoms with Crippen molar-refractivity contribution in [1.82, 2.24) is 18.6 Å². The number of ether oxygens (including phenoxy) is 1. The zero-order valence-corrected chi connectivity index (χ0v) is 20.7. The molecule has 0 spiro atoms. The maximum absolute atomic E-state index is 13.5. The average Bonchev–Trinajstić information content (AvgIpc) is 3.36. The van der Waals surface area contributed by atoms with Gasteiger partial charge in [0.15, 0.2) is 11.3 Å². The van der Waals surface area contributed by atoms with E-state index in [0.717, 1.165) is 10.1 Å². The molecule has 0 radical (unpaired) electrons. The van der Waals surface area contributed by atoms with Crippen LogP contribution in [0.2, 0.25) is 10.2 Å². The third-order valence-corrected chi connectivity index (χ3v) is 6.63. The molecule has 0 bridgehead atoms. The SMILES string of the molecule is CN(C)C[C@H]1Cn2c(-c3cccc(Cl)c3)c3c(=O)n(C)c(=O)n(C)c3c2[C@@H](c2ccc(Cl)o2)O1. The molecule has 3 aromatic heterocycles. The van der Waals surface area contributed by atoms with Crippen LogP contribution in [0.1, 0.15) is 17.6 Å². The second kappa shape index (κ2) is 8.46. The van der Waals surface area contributed by atoms with Gasteiger partial charge < -0.3 is 18.6 Å². The highest BCUT2D eigenvalue weighted by Gasteiger charge is 2.38. The van der Waals surface area contributed by atoms with Gasteiger partial charge in [-0.1, -0.05) is 23.7 Å². The van der Waals surface area contributed by atoms with Crippen LogP contribution in [0.15, 0.2) is 50.4 Å². The molecule has 4 heterocycles. The number of likely N-dealkylation sites (N-methyl/N-ethyl adjacent to an activating group) is 1. The lowest BCUT2D eigenvalue weighted by atomic mass is 10.1. The van der Waals surface area contributed by atoms with Gasteiger partial charge in [-0.25, -0.2) is 4.79 Å². The van der Waals surface area contributed by atoms with E-state index in [9.17, 15) is 9.59 Å². The molecule has 1 aliphatic heterocycles. The van der Waals surface area contributed by atoms with Gasteiger partial charge in [-0.05, 0) is 50.0 Å². The Morgan fingerprint density at radius 1 is 1.09 bits per heavy atom. The minimum Gasteiger partial charge on any atom is -0.446 e. The summed E-state index contributed by atoms with van der Waals surface area (Å²) in [6.45, 7) is 1.12. The first-order valence-electron chi connectivity index (χ1n) is 10.8. The van der Waals surface area contributed by atoms with Crippen LogP contribution >= 0.6 is 23.2 Å². The van der Waals surface area contributed by atoms with Crippen molar-refractivity contribution in [3.63, 3.8) is 0 Å². The molecule has 2 atom stereocenters. The fraction of sp³-hybridized carbons (Fsp3) is 0.333. The van der Waals surface area contributed by atoms with Crippen molar-refractivity contribution < 1.29 is 9.15 Å². The largest absolute Gasteiger partial charge is 0.446 e. The fourth-order valence-corrected chi connectivity index (χ4v) is 5.16. The van der Waals surface area contributed by atoms with Crippen LogP contribution in [0, 0.1) is 0 Å². The van der Waals surface area contributed by atoms with Crippen molar-refractivity contribution in [2.75, 3.05) is 20.6 Å². The second-order valence-corrected chi connectivity index (χ2v) is 9.64. The minimum absolute atomic E-state index is 0.211. The molecular formula is C24H24Cl2N4O4. The molecule has 4 aromatic rings. The highest BCUT2D eigenvalue weighted by molar-refractivity contribution is 6.31. The van der Waals surface area contributed by atoms with E-state index in [1.807, 2.05) is 37.2 Å². The van der Waals surface area contributed by atoms with Crippen LogP contribution in [-0.4, -0.2) is 45.3 Å². The first kappa shape index (κ1) is 23.0. The Bertz CT molecular complexity index is 1530. The summed E-state index contributed by atoms with van der Waals surface area (Å²) in [6, 6.07) is 10.8. The zero-order chi connectivity index (χ0) is 24.3. The Morgan fingerprint density at radius 3 is 2.50 bits per heavy atom. The lowest BCUT2D eigenvalue weighted by Crippen LogP contribution is -2.39. The molecule has 8 nitrogen and oxygen atoms in total. The van der Waals surface area contributed by atoms with E-state index in [2.05, 4.69) is 4.57 Å². The standard InChI is InChI=1S/C24H24Cl2N4O4/c1-27(2)11-15-12-30-19(13-6-5-7-14(25)10-13)18-20(28(3)24(32)29(4)23(18)31)21(30)22(33-15)16-8-9-17(26)34-16/h5-10,15,22H,11-12H2,1-4H3/t15-,22+/m0/s1. The molecule has 0 saturated carbocycles. The Morgan fingerprint density at radius 2 is 1.85 bits per heavy atom. The van der Waals surface area contributed by atoms with Gasteiger partial charge in [0.05, 0.1) is 34.9 Å². The molecule has 0 fully saturated rings. The molecular weight excluding hydrogens is 479 g/mol. The lowest BCUT2D eigenvalue weighted by Gasteiger charge is -2.33. The van der Waals surface area contributed by atoms with Gasteiger partial charge in [-0.2, -0.15) is 0 Å². The summed E-state index contributed by atoms with van der Waals surface area (Å²) in [5, 5.41) is 1.21. The summed E-state index contributed by atoms with van der Waals surface area (Å²) in [7, 11) is 7.09.